The van der Waals surface area contributed by atoms with Crippen molar-refractivity contribution in [3.8, 4) is 0 Å². The lowest BCUT2D eigenvalue weighted by Gasteiger charge is -2.35. The lowest BCUT2D eigenvalue weighted by atomic mass is 9.92. The van der Waals surface area contributed by atoms with Gasteiger partial charge < -0.3 is 24.1 Å². The third-order valence-electron chi connectivity index (χ3n) is 3.55. The van der Waals surface area contributed by atoms with Crippen molar-refractivity contribution in [1.29, 1.82) is 0 Å². The molecule has 2 rings (SSSR count). The highest BCUT2D eigenvalue weighted by atomic mass is 16.7. The zero-order valence-corrected chi connectivity index (χ0v) is 11.1. The first-order chi connectivity index (χ1) is 8.74. The molecule has 1 aliphatic heterocycles. The van der Waals surface area contributed by atoms with E-state index in [0.717, 1.165) is 25.7 Å². The summed E-state index contributed by atoms with van der Waals surface area (Å²) in [6, 6.07) is 0. The van der Waals surface area contributed by atoms with Crippen LogP contribution in [0.5, 0.6) is 0 Å². The molecule has 2 fully saturated rings. The van der Waals surface area contributed by atoms with Crippen molar-refractivity contribution in [2.24, 2.45) is 0 Å². The van der Waals surface area contributed by atoms with Crippen molar-refractivity contribution in [1.82, 2.24) is 0 Å². The summed E-state index contributed by atoms with van der Waals surface area (Å²) < 4.78 is 22.2. The van der Waals surface area contributed by atoms with E-state index in [9.17, 15) is 5.11 Å². The molecule has 0 aromatic carbocycles. The molecule has 1 saturated heterocycles. The molecule has 1 spiro atoms. The monoisotopic (exact) mass is 260 g/mol. The van der Waals surface area contributed by atoms with Gasteiger partial charge in [-0.05, 0) is 19.8 Å². The summed E-state index contributed by atoms with van der Waals surface area (Å²) >= 11 is 0. The van der Waals surface area contributed by atoms with Gasteiger partial charge >= 0.3 is 0 Å². The zero-order chi connectivity index (χ0) is 12.8. The van der Waals surface area contributed by atoms with Gasteiger partial charge in [-0.25, -0.2) is 0 Å². The van der Waals surface area contributed by atoms with Crippen LogP contribution in [0.1, 0.15) is 32.6 Å². The number of rotatable bonds is 6. The van der Waals surface area contributed by atoms with E-state index < -0.39 is 6.10 Å². The molecule has 1 heterocycles. The first-order valence-electron chi connectivity index (χ1n) is 6.89. The smallest absolute Gasteiger partial charge is 0.168 e. The maximum absolute atomic E-state index is 9.62. The lowest BCUT2D eigenvalue weighted by Crippen LogP contribution is -2.38. The van der Waals surface area contributed by atoms with Crippen LogP contribution in [0.2, 0.25) is 0 Å². The van der Waals surface area contributed by atoms with Gasteiger partial charge in [0, 0.05) is 19.4 Å². The average molecular weight is 260 g/mol. The second kappa shape index (κ2) is 6.82. The van der Waals surface area contributed by atoms with Crippen LogP contribution in [0.3, 0.4) is 0 Å². The van der Waals surface area contributed by atoms with E-state index in [1.54, 1.807) is 0 Å². The molecule has 1 atom stereocenters. The standard InChI is InChI=1S/C13H24O5/c1-2-15-9-11(14)10-16-12-3-5-13(6-4-12)17-7-8-18-13/h11-12,14H,2-10H2,1H3. The van der Waals surface area contributed by atoms with Crippen LogP contribution in [0.15, 0.2) is 0 Å². The van der Waals surface area contributed by atoms with Crippen LogP contribution < -0.4 is 0 Å². The van der Waals surface area contributed by atoms with E-state index >= 15 is 0 Å². The van der Waals surface area contributed by atoms with Gasteiger partial charge in [0.05, 0.1) is 32.5 Å². The Labute approximate surface area is 108 Å². The van der Waals surface area contributed by atoms with Crippen LogP contribution >= 0.6 is 0 Å². The molecule has 0 aromatic rings. The van der Waals surface area contributed by atoms with Crippen molar-refractivity contribution in [3.05, 3.63) is 0 Å². The summed E-state index contributed by atoms with van der Waals surface area (Å²) in [5.74, 6) is -0.330. The predicted octanol–water partition coefficient (Wildman–Crippen LogP) is 1.09. The van der Waals surface area contributed by atoms with Gasteiger partial charge in [0.25, 0.3) is 0 Å². The van der Waals surface area contributed by atoms with E-state index in [1.807, 2.05) is 6.92 Å². The molecular weight excluding hydrogens is 236 g/mol. The molecule has 0 aromatic heterocycles. The number of ether oxygens (including phenoxy) is 4. The van der Waals surface area contributed by atoms with Gasteiger partial charge in [0.2, 0.25) is 0 Å². The van der Waals surface area contributed by atoms with Gasteiger partial charge in [-0.1, -0.05) is 0 Å². The quantitative estimate of drug-likeness (QED) is 0.774. The Bertz CT molecular complexity index is 230. The Morgan fingerprint density at radius 3 is 2.50 bits per heavy atom. The summed E-state index contributed by atoms with van der Waals surface area (Å²) in [7, 11) is 0. The van der Waals surface area contributed by atoms with E-state index in [-0.39, 0.29) is 11.9 Å². The molecular formula is C13H24O5. The Kier molecular flexibility index (Phi) is 5.38. The SMILES string of the molecule is CCOCC(O)COC1CCC2(CC1)OCCO2. The summed E-state index contributed by atoms with van der Waals surface area (Å²) in [5.41, 5.74) is 0. The van der Waals surface area contributed by atoms with Crippen LogP contribution in [0.25, 0.3) is 0 Å². The molecule has 5 heteroatoms. The number of hydrogen-bond donors (Lipinski definition) is 1. The third kappa shape index (κ3) is 3.90. The van der Waals surface area contributed by atoms with Crippen LogP contribution in [-0.4, -0.2) is 56.1 Å². The second-order valence-electron chi connectivity index (χ2n) is 4.95. The minimum atomic E-state index is -0.528. The van der Waals surface area contributed by atoms with E-state index in [2.05, 4.69) is 0 Å². The molecule has 0 amide bonds. The molecule has 18 heavy (non-hydrogen) atoms. The first-order valence-corrected chi connectivity index (χ1v) is 6.89. The van der Waals surface area contributed by atoms with Crippen LogP contribution in [0.4, 0.5) is 0 Å². The van der Waals surface area contributed by atoms with Crippen molar-refractivity contribution >= 4 is 0 Å². The van der Waals surface area contributed by atoms with E-state index in [0.29, 0.717) is 33.0 Å². The fourth-order valence-corrected chi connectivity index (χ4v) is 2.53. The average Bonchev–Trinajstić information content (AvgIpc) is 2.84. The Hall–Kier alpha value is -0.200. The van der Waals surface area contributed by atoms with Crippen molar-refractivity contribution in [2.45, 2.75) is 50.6 Å². The summed E-state index contributed by atoms with van der Waals surface area (Å²) in [4.78, 5) is 0. The van der Waals surface area contributed by atoms with Gasteiger partial charge in [0.1, 0.15) is 6.10 Å². The highest BCUT2D eigenvalue weighted by molar-refractivity contribution is 4.83. The number of aliphatic hydroxyl groups is 1. The molecule has 106 valence electrons. The molecule has 5 nitrogen and oxygen atoms in total. The van der Waals surface area contributed by atoms with Crippen LogP contribution in [0, 0.1) is 0 Å². The van der Waals surface area contributed by atoms with Gasteiger partial charge in [-0.15, -0.1) is 0 Å². The van der Waals surface area contributed by atoms with Crippen LogP contribution in [-0.2, 0) is 18.9 Å². The minimum absolute atomic E-state index is 0.208. The number of hydrogen-bond acceptors (Lipinski definition) is 5. The zero-order valence-electron chi connectivity index (χ0n) is 11.1. The largest absolute Gasteiger partial charge is 0.388 e. The first kappa shape index (κ1) is 14.2. The van der Waals surface area contributed by atoms with Gasteiger partial charge in [-0.2, -0.15) is 0 Å². The summed E-state index contributed by atoms with van der Waals surface area (Å²) in [6.07, 6.45) is 3.32. The lowest BCUT2D eigenvalue weighted by molar-refractivity contribution is -0.193. The maximum Gasteiger partial charge on any atom is 0.168 e. The summed E-state index contributed by atoms with van der Waals surface area (Å²) in [6.45, 7) is 4.64. The molecule has 0 bridgehead atoms. The fourth-order valence-electron chi connectivity index (χ4n) is 2.53. The highest BCUT2D eigenvalue weighted by Gasteiger charge is 2.40. The molecule has 1 aliphatic carbocycles. The molecule has 1 N–H and O–H groups in total. The highest BCUT2D eigenvalue weighted by Crippen LogP contribution is 2.36. The van der Waals surface area contributed by atoms with Crippen molar-refractivity contribution in [3.63, 3.8) is 0 Å². The Balaban J connectivity index is 1.61. The Morgan fingerprint density at radius 2 is 1.89 bits per heavy atom. The maximum atomic E-state index is 9.62. The van der Waals surface area contributed by atoms with Gasteiger partial charge in [-0.3, -0.25) is 0 Å². The molecule has 0 radical (unpaired) electrons. The Morgan fingerprint density at radius 1 is 1.22 bits per heavy atom. The summed E-state index contributed by atoms with van der Waals surface area (Å²) in [5, 5.41) is 9.62. The molecule has 1 saturated carbocycles. The topological polar surface area (TPSA) is 57.2 Å². The predicted molar refractivity (Wildman–Crippen MR) is 65.3 cm³/mol. The third-order valence-corrected chi connectivity index (χ3v) is 3.55. The van der Waals surface area contributed by atoms with E-state index in [1.165, 1.54) is 0 Å². The van der Waals surface area contributed by atoms with Crippen molar-refractivity contribution < 1.29 is 24.1 Å². The van der Waals surface area contributed by atoms with E-state index in [4.69, 9.17) is 18.9 Å². The van der Waals surface area contributed by atoms with Crippen molar-refractivity contribution in [2.75, 3.05) is 33.0 Å². The minimum Gasteiger partial charge on any atom is -0.388 e. The van der Waals surface area contributed by atoms with Gasteiger partial charge in [0.15, 0.2) is 5.79 Å². The second-order valence-corrected chi connectivity index (χ2v) is 4.95. The molecule has 1 unspecified atom stereocenters. The normalized spacial score (nSPS) is 25.7. The fraction of sp³-hybridized carbons (Fsp3) is 1.00. The number of aliphatic hydroxyl groups excluding tert-OH is 1. The molecule has 2 aliphatic rings.